The summed E-state index contributed by atoms with van der Waals surface area (Å²) in [5.41, 5.74) is 1.64. The number of rotatable bonds is 10. The molecule has 0 aromatic heterocycles. The first-order chi connectivity index (χ1) is 14.4. The van der Waals surface area contributed by atoms with E-state index in [1.165, 1.54) is 0 Å². The summed E-state index contributed by atoms with van der Waals surface area (Å²) in [5.74, 6) is 3.25. The van der Waals surface area contributed by atoms with Crippen LogP contribution in [0, 0.1) is 0 Å². The van der Waals surface area contributed by atoms with Crippen LogP contribution in [0.15, 0.2) is 45.3 Å². The highest BCUT2D eigenvalue weighted by atomic mass is 79.9. The van der Waals surface area contributed by atoms with Gasteiger partial charge in [-0.25, -0.2) is 0 Å². The minimum absolute atomic E-state index is 0.0897. The van der Waals surface area contributed by atoms with Gasteiger partial charge in [-0.3, -0.25) is 0 Å². The van der Waals surface area contributed by atoms with Gasteiger partial charge in [0.25, 0.3) is 0 Å². The van der Waals surface area contributed by atoms with Gasteiger partial charge in [-0.15, -0.1) is 23.2 Å². The number of alkyl halides is 2. The molecule has 0 amide bonds. The summed E-state index contributed by atoms with van der Waals surface area (Å²) in [4.78, 5) is 0. The minimum Gasteiger partial charge on any atom is -0.496 e. The molecule has 31 heavy (non-hydrogen) atoms. The van der Waals surface area contributed by atoms with E-state index in [0.717, 1.165) is 43.1 Å². The molecule has 0 fully saturated rings. The number of benzene rings is 2. The molecule has 0 spiro atoms. The second-order valence-electron chi connectivity index (χ2n) is 8.61. The zero-order valence-electron chi connectivity index (χ0n) is 18.8. The Morgan fingerprint density at radius 3 is 1.45 bits per heavy atom. The van der Waals surface area contributed by atoms with Gasteiger partial charge in [-0.1, -0.05) is 59.6 Å². The van der Waals surface area contributed by atoms with Crippen molar-refractivity contribution in [1.29, 1.82) is 0 Å². The van der Waals surface area contributed by atoms with Crippen LogP contribution < -0.4 is 9.47 Å². The lowest BCUT2D eigenvalue weighted by molar-refractivity contribution is 0.390. The molecule has 7 heteroatoms. The van der Waals surface area contributed by atoms with Gasteiger partial charge in [0.15, 0.2) is 0 Å². The van der Waals surface area contributed by atoms with Crippen LogP contribution >= 0.6 is 66.8 Å². The van der Waals surface area contributed by atoms with Crippen LogP contribution in [0.1, 0.15) is 38.8 Å². The summed E-state index contributed by atoms with van der Waals surface area (Å²) < 4.78 is 13.2. The standard InChI is InChI=1S/C24H30Br2Cl2O2S/c1-23(2,17-11-15(25)7-9-19(17)29-5)21(27)13-31-14-22(28)24(3,4)18-12-16(26)8-10-20(18)30-6/h7-12,21-22H,13-14H2,1-6H3. The highest BCUT2D eigenvalue weighted by Crippen LogP contribution is 2.42. The summed E-state index contributed by atoms with van der Waals surface area (Å²) in [5, 5.41) is -0.179. The zero-order valence-corrected chi connectivity index (χ0v) is 24.3. The zero-order chi connectivity index (χ0) is 23.4. The molecule has 2 atom stereocenters. The van der Waals surface area contributed by atoms with Crippen molar-refractivity contribution in [2.75, 3.05) is 25.7 Å². The smallest absolute Gasteiger partial charge is 0.122 e. The second kappa shape index (κ2) is 11.4. The van der Waals surface area contributed by atoms with Crippen LogP contribution in [0.25, 0.3) is 0 Å². The first-order valence-corrected chi connectivity index (χ1v) is 13.6. The van der Waals surface area contributed by atoms with Crippen molar-refractivity contribution in [2.45, 2.75) is 49.3 Å². The maximum Gasteiger partial charge on any atom is 0.122 e. The molecule has 2 rings (SSSR count). The average Bonchev–Trinajstić information content (AvgIpc) is 2.73. The number of methoxy groups -OCH3 is 2. The largest absolute Gasteiger partial charge is 0.496 e. The Hall–Kier alpha value is -0.0700. The minimum atomic E-state index is -0.269. The van der Waals surface area contributed by atoms with Crippen LogP contribution in [0.3, 0.4) is 0 Å². The first kappa shape index (κ1) is 27.2. The van der Waals surface area contributed by atoms with E-state index in [-0.39, 0.29) is 21.6 Å². The van der Waals surface area contributed by atoms with Crippen molar-refractivity contribution in [3.05, 3.63) is 56.5 Å². The van der Waals surface area contributed by atoms with Gasteiger partial charge in [0.2, 0.25) is 0 Å². The molecule has 0 saturated carbocycles. The van der Waals surface area contributed by atoms with Crippen LogP contribution in [0.5, 0.6) is 11.5 Å². The molecular formula is C24H30Br2Cl2O2S. The predicted molar refractivity (Wildman–Crippen MR) is 144 cm³/mol. The molecule has 0 aliphatic carbocycles. The average molecular weight is 613 g/mol. The van der Waals surface area contributed by atoms with E-state index in [4.69, 9.17) is 32.7 Å². The highest BCUT2D eigenvalue weighted by Gasteiger charge is 2.35. The van der Waals surface area contributed by atoms with E-state index in [1.54, 1.807) is 26.0 Å². The molecule has 0 aliphatic heterocycles. The van der Waals surface area contributed by atoms with Gasteiger partial charge in [0.1, 0.15) is 11.5 Å². The molecule has 2 aromatic carbocycles. The quantitative estimate of drug-likeness (QED) is 0.251. The Morgan fingerprint density at radius 1 is 0.774 bits per heavy atom. The van der Waals surface area contributed by atoms with Gasteiger partial charge < -0.3 is 9.47 Å². The van der Waals surface area contributed by atoms with Crippen LogP contribution in [-0.4, -0.2) is 36.5 Å². The molecule has 2 unspecified atom stereocenters. The third-order valence-corrected chi connectivity index (χ3v) is 9.70. The normalized spacial score (nSPS) is 14.3. The van der Waals surface area contributed by atoms with Crippen LogP contribution in [-0.2, 0) is 10.8 Å². The predicted octanol–water partition coefficient (Wildman–Crippen LogP) is 8.43. The molecule has 2 nitrogen and oxygen atoms in total. The molecule has 0 N–H and O–H groups in total. The van der Waals surface area contributed by atoms with E-state index in [1.807, 2.05) is 24.3 Å². The van der Waals surface area contributed by atoms with Crippen molar-refractivity contribution in [3.8, 4) is 11.5 Å². The Balaban J connectivity index is 2.08. The molecule has 0 bridgehead atoms. The first-order valence-electron chi connectivity index (χ1n) is 9.99. The van der Waals surface area contributed by atoms with Gasteiger partial charge >= 0.3 is 0 Å². The number of thioether (sulfide) groups is 1. The monoisotopic (exact) mass is 610 g/mol. The fourth-order valence-corrected chi connectivity index (χ4v) is 6.27. The van der Waals surface area contributed by atoms with Gasteiger partial charge in [0, 0.05) is 42.4 Å². The van der Waals surface area contributed by atoms with Crippen molar-refractivity contribution in [1.82, 2.24) is 0 Å². The van der Waals surface area contributed by atoms with Crippen molar-refractivity contribution < 1.29 is 9.47 Å². The van der Waals surface area contributed by atoms with Crippen molar-refractivity contribution >= 4 is 66.8 Å². The van der Waals surface area contributed by atoms with Gasteiger partial charge in [-0.05, 0) is 36.4 Å². The Bertz CT molecular complexity index is 818. The number of hydrogen-bond donors (Lipinski definition) is 0. The van der Waals surface area contributed by atoms with E-state index >= 15 is 0 Å². The number of halogens is 4. The highest BCUT2D eigenvalue weighted by molar-refractivity contribution is 9.10. The maximum absolute atomic E-state index is 6.91. The van der Waals surface area contributed by atoms with Gasteiger partial charge in [0.05, 0.1) is 25.0 Å². The van der Waals surface area contributed by atoms with Gasteiger partial charge in [-0.2, -0.15) is 11.8 Å². The third-order valence-electron chi connectivity index (χ3n) is 5.81. The summed E-state index contributed by atoms with van der Waals surface area (Å²) in [6, 6.07) is 12.1. The number of hydrogen-bond acceptors (Lipinski definition) is 3. The lowest BCUT2D eigenvalue weighted by Gasteiger charge is -2.34. The fourth-order valence-electron chi connectivity index (χ4n) is 3.40. The summed E-state index contributed by atoms with van der Waals surface area (Å²) >= 11 is 22.7. The van der Waals surface area contributed by atoms with E-state index < -0.39 is 0 Å². The van der Waals surface area contributed by atoms with E-state index in [2.05, 4.69) is 71.7 Å². The Kier molecular flexibility index (Phi) is 9.97. The lowest BCUT2D eigenvalue weighted by atomic mass is 9.81. The van der Waals surface area contributed by atoms with E-state index in [9.17, 15) is 0 Å². The fraction of sp³-hybridized carbons (Fsp3) is 0.500. The Morgan fingerprint density at radius 2 is 1.13 bits per heavy atom. The molecule has 0 radical (unpaired) electrons. The van der Waals surface area contributed by atoms with Crippen molar-refractivity contribution in [2.24, 2.45) is 0 Å². The Labute approximate surface area is 218 Å². The molecule has 172 valence electrons. The SMILES string of the molecule is COc1ccc(Br)cc1C(C)(C)C(Cl)CSCC(Cl)C(C)(C)c1cc(Br)ccc1OC. The molecule has 0 heterocycles. The van der Waals surface area contributed by atoms with E-state index in [0.29, 0.717) is 0 Å². The van der Waals surface area contributed by atoms with Crippen molar-refractivity contribution in [3.63, 3.8) is 0 Å². The summed E-state index contributed by atoms with van der Waals surface area (Å²) in [6.07, 6.45) is 0. The molecule has 2 aromatic rings. The lowest BCUT2D eigenvalue weighted by Crippen LogP contribution is -2.34. The molecule has 0 aliphatic rings. The third kappa shape index (κ3) is 6.50. The molecule has 0 saturated heterocycles. The maximum atomic E-state index is 6.91. The molecular weight excluding hydrogens is 583 g/mol. The topological polar surface area (TPSA) is 18.5 Å². The second-order valence-corrected chi connectivity index (χ2v) is 12.6. The summed E-state index contributed by atoms with van der Waals surface area (Å²) in [7, 11) is 3.38. The van der Waals surface area contributed by atoms with Crippen LogP contribution in [0.4, 0.5) is 0 Å². The number of ether oxygens (including phenoxy) is 2. The van der Waals surface area contributed by atoms with Crippen LogP contribution in [0.2, 0.25) is 0 Å². The summed E-state index contributed by atoms with van der Waals surface area (Å²) in [6.45, 7) is 8.63.